The smallest absolute Gasteiger partial charge is 0.0791 e. The summed E-state index contributed by atoms with van der Waals surface area (Å²) in [6, 6.07) is 0. The highest BCUT2D eigenvalue weighted by Crippen LogP contribution is 1.85. The van der Waals surface area contributed by atoms with Gasteiger partial charge in [0.25, 0.3) is 0 Å². The lowest BCUT2D eigenvalue weighted by Gasteiger charge is -1.79. The maximum absolute atomic E-state index is 3.74. The van der Waals surface area contributed by atoms with Crippen LogP contribution in [-0.4, -0.2) is 4.98 Å². The molecule has 1 rings (SSSR count). The number of thiazole rings is 1. The molecule has 10 heavy (non-hydrogen) atoms. The van der Waals surface area contributed by atoms with Crippen molar-refractivity contribution < 1.29 is 0 Å². The molecule has 0 saturated carbocycles. The Balaban J connectivity index is 0. The second-order valence-corrected chi connectivity index (χ2v) is 3.16. The first kappa shape index (κ1) is 12.3. The van der Waals surface area contributed by atoms with Gasteiger partial charge in [0.15, 0.2) is 0 Å². The normalized spacial score (nSPS) is 7.60. The zero-order chi connectivity index (χ0) is 7.11. The zero-order valence-electron chi connectivity index (χ0n) is 6.16. The van der Waals surface area contributed by atoms with E-state index in [1.165, 1.54) is 0 Å². The average Bonchev–Trinajstić information content (AvgIpc) is 2.11. The van der Waals surface area contributed by atoms with Gasteiger partial charge in [-0.1, -0.05) is 28.2 Å². The van der Waals surface area contributed by atoms with Crippen molar-refractivity contribution >= 4 is 11.3 Å². The highest BCUT2D eigenvalue weighted by molar-refractivity contribution is 7.07. The van der Waals surface area contributed by atoms with Gasteiger partial charge in [-0.15, -0.1) is 11.3 Å². The van der Waals surface area contributed by atoms with E-state index in [9.17, 15) is 0 Å². The van der Waals surface area contributed by atoms with E-state index in [1.807, 2.05) is 5.38 Å². The lowest BCUT2D eigenvalue weighted by molar-refractivity contribution is 0.737. The zero-order valence-corrected chi connectivity index (χ0v) is 6.98. The molecular weight excluding hydrogens is 142 g/mol. The molecule has 0 spiro atoms. The fraction of sp³-hybridized carbons (Fsp3) is 0.625. The number of rotatable bonds is 0. The van der Waals surface area contributed by atoms with Gasteiger partial charge in [-0.05, 0) is 5.92 Å². The second-order valence-electron chi connectivity index (χ2n) is 2.41. The number of hydrogen-bond acceptors (Lipinski definition) is 2. The van der Waals surface area contributed by atoms with E-state index in [0.717, 1.165) is 5.92 Å². The van der Waals surface area contributed by atoms with E-state index < -0.39 is 0 Å². The minimum atomic E-state index is 0. The van der Waals surface area contributed by atoms with Crippen molar-refractivity contribution in [1.82, 2.24) is 4.98 Å². The van der Waals surface area contributed by atoms with Crippen LogP contribution in [0.5, 0.6) is 0 Å². The molecule has 0 aliphatic rings. The Labute approximate surface area is 68.1 Å². The fourth-order valence-corrected chi connectivity index (χ4v) is 0.527. The molecule has 1 heterocycles. The van der Waals surface area contributed by atoms with Crippen molar-refractivity contribution in [2.24, 2.45) is 5.92 Å². The standard InChI is InChI=1S/C4H10.C3H3NS.CH4/c1-4(2)3;1-2-5-3-4-1;/h4H,1-3H3;1-3H;1H4. The van der Waals surface area contributed by atoms with E-state index in [0.29, 0.717) is 0 Å². The van der Waals surface area contributed by atoms with Crippen molar-refractivity contribution in [2.75, 3.05) is 0 Å². The van der Waals surface area contributed by atoms with Crippen LogP contribution >= 0.6 is 11.3 Å². The number of aromatic nitrogens is 1. The summed E-state index contributed by atoms with van der Waals surface area (Å²) in [6.07, 6.45) is 1.77. The van der Waals surface area contributed by atoms with Gasteiger partial charge >= 0.3 is 0 Å². The molecular formula is C8H17NS. The van der Waals surface area contributed by atoms with Crippen LogP contribution in [0.3, 0.4) is 0 Å². The van der Waals surface area contributed by atoms with Crippen LogP contribution in [0.2, 0.25) is 0 Å². The Morgan fingerprint density at radius 2 is 1.80 bits per heavy atom. The van der Waals surface area contributed by atoms with E-state index in [4.69, 9.17) is 0 Å². The van der Waals surface area contributed by atoms with Crippen molar-refractivity contribution in [1.29, 1.82) is 0 Å². The Bertz CT molecular complexity index is 92.8. The van der Waals surface area contributed by atoms with Crippen LogP contribution < -0.4 is 0 Å². The number of hydrogen-bond donors (Lipinski definition) is 0. The van der Waals surface area contributed by atoms with Crippen LogP contribution in [0.4, 0.5) is 0 Å². The topological polar surface area (TPSA) is 12.9 Å². The first-order chi connectivity index (χ1) is 4.23. The lowest BCUT2D eigenvalue weighted by atomic mass is 10.3. The molecule has 0 saturated heterocycles. The summed E-state index contributed by atoms with van der Waals surface area (Å²) < 4.78 is 0. The molecule has 0 aliphatic carbocycles. The van der Waals surface area contributed by atoms with Gasteiger partial charge in [-0.2, -0.15) is 0 Å². The third-order valence-corrected chi connectivity index (χ3v) is 0.869. The fourth-order valence-electron chi connectivity index (χ4n) is 0.176. The van der Waals surface area contributed by atoms with Crippen LogP contribution in [0, 0.1) is 5.92 Å². The van der Waals surface area contributed by atoms with Crippen molar-refractivity contribution in [3.63, 3.8) is 0 Å². The minimum Gasteiger partial charge on any atom is -0.253 e. The molecule has 60 valence electrons. The van der Waals surface area contributed by atoms with Gasteiger partial charge < -0.3 is 0 Å². The average molecular weight is 159 g/mol. The molecule has 0 atom stereocenters. The first-order valence-corrected chi connectivity index (χ1v) is 4.00. The summed E-state index contributed by atoms with van der Waals surface area (Å²) in [7, 11) is 0. The van der Waals surface area contributed by atoms with Gasteiger partial charge in [0, 0.05) is 11.6 Å². The molecule has 1 aromatic heterocycles. The molecule has 0 fully saturated rings. The van der Waals surface area contributed by atoms with E-state index >= 15 is 0 Å². The van der Waals surface area contributed by atoms with Gasteiger partial charge in [-0.3, -0.25) is 4.98 Å². The van der Waals surface area contributed by atoms with Gasteiger partial charge in [-0.25, -0.2) is 0 Å². The predicted molar refractivity (Wildman–Crippen MR) is 49.4 cm³/mol. The third kappa shape index (κ3) is 15.6. The summed E-state index contributed by atoms with van der Waals surface area (Å²) in [5, 5.41) is 1.93. The Morgan fingerprint density at radius 3 is 1.90 bits per heavy atom. The van der Waals surface area contributed by atoms with Crippen LogP contribution in [0.25, 0.3) is 0 Å². The second kappa shape index (κ2) is 8.63. The number of nitrogens with zero attached hydrogens (tertiary/aromatic N) is 1. The Hall–Kier alpha value is -0.370. The molecule has 0 bridgehead atoms. The molecule has 1 aromatic rings. The summed E-state index contributed by atoms with van der Waals surface area (Å²) >= 11 is 1.60. The van der Waals surface area contributed by atoms with Crippen LogP contribution in [0.15, 0.2) is 17.1 Å². The maximum atomic E-state index is 3.74. The molecule has 0 radical (unpaired) electrons. The van der Waals surface area contributed by atoms with Crippen LogP contribution in [-0.2, 0) is 0 Å². The van der Waals surface area contributed by atoms with E-state index in [2.05, 4.69) is 25.8 Å². The summed E-state index contributed by atoms with van der Waals surface area (Å²) in [5.74, 6) is 0.833. The highest BCUT2D eigenvalue weighted by Gasteiger charge is 1.68. The Kier molecular flexibility index (Phi) is 10.6. The SMILES string of the molecule is C.CC(C)C.c1cscn1. The molecule has 1 nitrogen and oxygen atoms in total. The minimum absolute atomic E-state index is 0. The molecule has 0 amide bonds. The maximum Gasteiger partial charge on any atom is 0.0791 e. The molecule has 0 N–H and O–H groups in total. The van der Waals surface area contributed by atoms with Crippen molar-refractivity contribution in [2.45, 2.75) is 28.2 Å². The predicted octanol–water partition coefficient (Wildman–Crippen LogP) is 3.44. The van der Waals surface area contributed by atoms with Gasteiger partial charge in [0.05, 0.1) is 5.51 Å². The monoisotopic (exact) mass is 159 g/mol. The Morgan fingerprint density at radius 1 is 1.30 bits per heavy atom. The quantitative estimate of drug-likeness (QED) is 0.565. The highest BCUT2D eigenvalue weighted by atomic mass is 32.1. The summed E-state index contributed by atoms with van der Waals surface area (Å²) in [5.41, 5.74) is 1.79. The van der Waals surface area contributed by atoms with Crippen molar-refractivity contribution in [3.05, 3.63) is 17.1 Å². The van der Waals surface area contributed by atoms with Crippen LogP contribution in [0.1, 0.15) is 28.2 Å². The van der Waals surface area contributed by atoms with Gasteiger partial charge in [0.1, 0.15) is 0 Å². The molecule has 0 aromatic carbocycles. The third-order valence-electron chi connectivity index (χ3n) is 0.347. The van der Waals surface area contributed by atoms with Gasteiger partial charge in [0.2, 0.25) is 0 Å². The molecule has 0 unspecified atom stereocenters. The molecule has 2 heteroatoms. The first-order valence-electron chi connectivity index (χ1n) is 3.05. The van der Waals surface area contributed by atoms with E-state index in [-0.39, 0.29) is 7.43 Å². The molecule has 0 aliphatic heterocycles. The van der Waals surface area contributed by atoms with Crippen molar-refractivity contribution in [3.8, 4) is 0 Å². The lowest BCUT2D eigenvalue weighted by Crippen LogP contribution is -1.66. The van der Waals surface area contributed by atoms with E-state index in [1.54, 1.807) is 23.0 Å². The summed E-state index contributed by atoms with van der Waals surface area (Å²) in [4.78, 5) is 3.74. The summed E-state index contributed by atoms with van der Waals surface area (Å²) in [6.45, 7) is 6.50. The largest absolute Gasteiger partial charge is 0.253 e.